The number of hydrogen-bond donors (Lipinski definition) is 2. The van der Waals surface area contributed by atoms with Crippen molar-refractivity contribution in [2.24, 2.45) is 0 Å². The van der Waals surface area contributed by atoms with Crippen LogP contribution in [-0.4, -0.2) is 42.6 Å². The van der Waals surface area contributed by atoms with E-state index in [-0.39, 0.29) is 12.1 Å². The first-order valence-electron chi connectivity index (χ1n) is 6.44. The highest BCUT2D eigenvalue weighted by Crippen LogP contribution is 2.38. The normalized spacial score (nSPS) is 29.5. The zero-order valence-electron chi connectivity index (χ0n) is 10.7. The van der Waals surface area contributed by atoms with Crippen LogP contribution in [0, 0.1) is 0 Å². The summed E-state index contributed by atoms with van der Waals surface area (Å²) in [5, 5.41) is 13.7. The summed E-state index contributed by atoms with van der Waals surface area (Å²) in [6.45, 7) is 0.934. The predicted octanol–water partition coefficient (Wildman–Crippen LogP) is 1.08. The van der Waals surface area contributed by atoms with Crippen molar-refractivity contribution >= 4 is 11.6 Å². The lowest BCUT2D eigenvalue weighted by atomic mass is 10.1. The van der Waals surface area contributed by atoms with E-state index in [1.54, 1.807) is 7.11 Å². The van der Waals surface area contributed by atoms with Crippen LogP contribution in [0.25, 0.3) is 0 Å². The average Bonchev–Trinajstić information content (AvgIpc) is 2.97. The van der Waals surface area contributed by atoms with Crippen LogP contribution in [0.15, 0.2) is 6.07 Å². The van der Waals surface area contributed by atoms with Gasteiger partial charge in [-0.25, -0.2) is 4.98 Å². The van der Waals surface area contributed by atoms with Crippen molar-refractivity contribution in [2.45, 2.75) is 31.0 Å². The Labute approximate surface area is 116 Å². The number of ether oxygens (including phenoxy) is 2. The molecule has 19 heavy (non-hydrogen) atoms. The Morgan fingerprint density at radius 2 is 2.37 bits per heavy atom. The molecule has 6 heteroatoms. The molecule has 1 aromatic rings. The Kier molecular flexibility index (Phi) is 3.62. The molecule has 0 amide bonds. The van der Waals surface area contributed by atoms with Crippen molar-refractivity contribution in [3.05, 3.63) is 22.3 Å². The molecule has 1 aliphatic heterocycles. The molecule has 0 spiro atoms. The lowest BCUT2D eigenvalue weighted by molar-refractivity contribution is 0.121. The van der Waals surface area contributed by atoms with Gasteiger partial charge in [-0.15, -0.1) is 0 Å². The van der Waals surface area contributed by atoms with Crippen LogP contribution in [-0.2, 0) is 11.2 Å². The first-order valence-corrected chi connectivity index (χ1v) is 6.82. The van der Waals surface area contributed by atoms with E-state index in [2.05, 4.69) is 10.3 Å². The van der Waals surface area contributed by atoms with E-state index in [1.807, 2.05) is 6.07 Å². The maximum Gasteiger partial charge on any atom is 0.219 e. The molecule has 1 unspecified atom stereocenters. The summed E-state index contributed by atoms with van der Waals surface area (Å²) in [7, 11) is 1.60. The molecule has 0 radical (unpaired) electrons. The molecule has 1 aromatic heterocycles. The number of methoxy groups -OCH3 is 1. The lowest BCUT2D eigenvalue weighted by Gasteiger charge is -2.22. The summed E-state index contributed by atoms with van der Waals surface area (Å²) in [5.41, 5.74) is 2.23. The van der Waals surface area contributed by atoms with Gasteiger partial charge in [0.2, 0.25) is 5.88 Å². The molecule has 3 rings (SSSR count). The van der Waals surface area contributed by atoms with Gasteiger partial charge in [0.05, 0.1) is 32.5 Å². The summed E-state index contributed by atoms with van der Waals surface area (Å²) in [6.07, 6.45) is 1.45. The zero-order valence-corrected chi connectivity index (χ0v) is 11.5. The van der Waals surface area contributed by atoms with Crippen LogP contribution in [0.2, 0.25) is 5.15 Å². The Bertz CT molecular complexity index is 483. The molecule has 3 atom stereocenters. The van der Waals surface area contributed by atoms with Crippen molar-refractivity contribution in [2.75, 3.05) is 20.3 Å². The number of fused-ring (bicyclic) bond motifs is 1. The second-order valence-corrected chi connectivity index (χ2v) is 5.38. The molecule has 1 fully saturated rings. The van der Waals surface area contributed by atoms with Gasteiger partial charge in [0.1, 0.15) is 5.15 Å². The first-order chi connectivity index (χ1) is 9.19. The number of halogens is 1. The molecule has 1 aliphatic carbocycles. The molecular weight excluding hydrogens is 268 g/mol. The number of pyridine rings is 1. The molecular formula is C13H17ClN2O3. The molecule has 104 valence electrons. The van der Waals surface area contributed by atoms with Crippen LogP contribution >= 0.6 is 11.6 Å². The molecule has 2 N–H and O–H groups in total. The van der Waals surface area contributed by atoms with Gasteiger partial charge in [0.15, 0.2) is 0 Å². The molecule has 2 aliphatic rings. The fourth-order valence-corrected chi connectivity index (χ4v) is 3.06. The van der Waals surface area contributed by atoms with Crippen molar-refractivity contribution in [3.8, 4) is 5.88 Å². The van der Waals surface area contributed by atoms with Crippen molar-refractivity contribution in [3.63, 3.8) is 0 Å². The molecule has 0 bridgehead atoms. The highest BCUT2D eigenvalue weighted by atomic mass is 35.5. The van der Waals surface area contributed by atoms with Gasteiger partial charge < -0.3 is 19.9 Å². The number of aliphatic hydroxyl groups is 1. The minimum Gasteiger partial charge on any atom is -0.481 e. The third-order valence-electron chi connectivity index (χ3n) is 3.79. The fourth-order valence-electron chi connectivity index (χ4n) is 2.86. The summed E-state index contributed by atoms with van der Waals surface area (Å²) in [5.74, 6) is 0.575. The predicted molar refractivity (Wildman–Crippen MR) is 70.6 cm³/mol. The van der Waals surface area contributed by atoms with Crippen molar-refractivity contribution in [1.82, 2.24) is 10.3 Å². The molecule has 0 aromatic carbocycles. The number of nitrogens with one attached hydrogen (secondary N) is 1. The Balaban J connectivity index is 1.84. The Morgan fingerprint density at radius 3 is 3.05 bits per heavy atom. The van der Waals surface area contributed by atoms with E-state index < -0.39 is 6.10 Å². The number of aliphatic hydroxyl groups excluding tert-OH is 1. The average molecular weight is 285 g/mol. The third kappa shape index (κ3) is 2.43. The van der Waals surface area contributed by atoms with Gasteiger partial charge in [0.25, 0.3) is 0 Å². The van der Waals surface area contributed by atoms with E-state index >= 15 is 0 Å². The van der Waals surface area contributed by atoms with E-state index in [0.717, 1.165) is 18.4 Å². The fraction of sp³-hybridized carbons (Fsp3) is 0.615. The number of hydrogen-bond acceptors (Lipinski definition) is 5. The van der Waals surface area contributed by atoms with Gasteiger partial charge in [-0.1, -0.05) is 11.6 Å². The first kappa shape index (κ1) is 13.1. The maximum absolute atomic E-state index is 9.81. The van der Waals surface area contributed by atoms with E-state index in [0.29, 0.717) is 24.2 Å². The van der Waals surface area contributed by atoms with E-state index in [1.165, 1.54) is 5.56 Å². The summed E-state index contributed by atoms with van der Waals surface area (Å²) in [4.78, 5) is 4.22. The Hall–Kier alpha value is -0.880. The smallest absolute Gasteiger partial charge is 0.219 e. The largest absolute Gasteiger partial charge is 0.481 e. The molecule has 0 saturated carbocycles. The van der Waals surface area contributed by atoms with Gasteiger partial charge in [-0.3, -0.25) is 0 Å². The molecule has 1 saturated heterocycles. The number of rotatable bonds is 3. The van der Waals surface area contributed by atoms with E-state index in [9.17, 15) is 5.11 Å². The Morgan fingerprint density at radius 1 is 1.53 bits per heavy atom. The summed E-state index contributed by atoms with van der Waals surface area (Å²) >= 11 is 5.98. The highest BCUT2D eigenvalue weighted by Gasteiger charge is 2.33. The highest BCUT2D eigenvalue weighted by molar-refractivity contribution is 6.29. The minimum atomic E-state index is -0.449. The summed E-state index contributed by atoms with van der Waals surface area (Å²) < 4.78 is 10.6. The second-order valence-electron chi connectivity index (χ2n) is 5.00. The van der Waals surface area contributed by atoms with Gasteiger partial charge >= 0.3 is 0 Å². The van der Waals surface area contributed by atoms with Crippen LogP contribution in [0.4, 0.5) is 0 Å². The zero-order chi connectivity index (χ0) is 13.4. The topological polar surface area (TPSA) is 63.6 Å². The van der Waals surface area contributed by atoms with Crippen molar-refractivity contribution in [1.29, 1.82) is 0 Å². The lowest BCUT2D eigenvalue weighted by Crippen LogP contribution is -2.40. The maximum atomic E-state index is 9.81. The van der Waals surface area contributed by atoms with Gasteiger partial charge in [-0.2, -0.15) is 0 Å². The number of nitrogens with zero attached hydrogens (tertiary/aromatic N) is 1. The SMILES string of the molecule is COc1nc(Cl)cc2c1[C@@H](NC1COC[C@H]1O)CC2. The minimum absolute atomic E-state index is 0.0312. The number of aryl methyl sites for hydroxylation is 1. The quantitative estimate of drug-likeness (QED) is 0.813. The van der Waals surface area contributed by atoms with Crippen molar-refractivity contribution < 1.29 is 14.6 Å². The monoisotopic (exact) mass is 284 g/mol. The van der Waals surface area contributed by atoms with Crippen LogP contribution in [0.1, 0.15) is 23.6 Å². The van der Waals surface area contributed by atoms with E-state index in [4.69, 9.17) is 21.1 Å². The van der Waals surface area contributed by atoms with Gasteiger partial charge in [0, 0.05) is 11.6 Å². The third-order valence-corrected chi connectivity index (χ3v) is 3.98. The molecule has 2 heterocycles. The van der Waals surface area contributed by atoms with Crippen LogP contribution in [0.5, 0.6) is 5.88 Å². The van der Waals surface area contributed by atoms with Crippen LogP contribution in [0.3, 0.4) is 0 Å². The standard InChI is InChI=1S/C13H17ClN2O3/c1-18-13-12-7(4-11(14)16-13)2-3-8(12)15-9-5-19-6-10(9)17/h4,8-10,15,17H,2-3,5-6H2,1H3/t8-,9?,10+/m0/s1. The molecule has 5 nitrogen and oxygen atoms in total. The van der Waals surface area contributed by atoms with Crippen LogP contribution < -0.4 is 10.1 Å². The van der Waals surface area contributed by atoms with Gasteiger partial charge in [-0.05, 0) is 24.5 Å². The second kappa shape index (κ2) is 5.25. The number of aromatic nitrogens is 1. The summed E-state index contributed by atoms with van der Waals surface area (Å²) in [6, 6.07) is 2.00.